The van der Waals surface area contributed by atoms with Crippen LogP contribution < -0.4 is 5.32 Å². The molecule has 4 heteroatoms. The summed E-state index contributed by atoms with van der Waals surface area (Å²) < 4.78 is 0. The molecule has 2 aliphatic carbocycles. The number of carboxylic acid groups (broad SMARTS) is 1. The molecule has 2 atom stereocenters. The van der Waals surface area contributed by atoms with Gasteiger partial charge in [0.15, 0.2) is 0 Å². The van der Waals surface area contributed by atoms with E-state index in [1.54, 1.807) is 0 Å². The molecule has 2 N–H and O–H groups in total. The summed E-state index contributed by atoms with van der Waals surface area (Å²) in [7, 11) is 0. The Labute approximate surface area is 127 Å². The predicted molar refractivity (Wildman–Crippen MR) is 81.8 cm³/mol. The van der Waals surface area contributed by atoms with Crippen LogP contribution in [-0.2, 0) is 9.59 Å². The Bertz CT molecular complexity index is 381. The fourth-order valence-electron chi connectivity index (χ4n) is 3.70. The van der Waals surface area contributed by atoms with Crippen molar-refractivity contribution in [2.75, 3.05) is 6.54 Å². The normalized spacial score (nSPS) is 29.8. The second kappa shape index (κ2) is 6.80. The average molecular weight is 295 g/mol. The zero-order valence-electron chi connectivity index (χ0n) is 13.4. The number of amides is 1. The Morgan fingerprint density at radius 1 is 1.10 bits per heavy atom. The highest BCUT2D eigenvalue weighted by Gasteiger charge is 2.32. The molecule has 4 nitrogen and oxygen atoms in total. The number of rotatable bonds is 4. The molecule has 0 spiro atoms. The van der Waals surface area contributed by atoms with Crippen molar-refractivity contribution in [1.29, 1.82) is 0 Å². The van der Waals surface area contributed by atoms with Crippen LogP contribution in [0, 0.1) is 23.2 Å². The lowest BCUT2D eigenvalue weighted by Gasteiger charge is -2.34. The predicted octanol–water partition coefficient (Wildman–Crippen LogP) is 3.21. The van der Waals surface area contributed by atoms with E-state index in [0.29, 0.717) is 17.8 Å². The molecular weight excluding hydrogens is 266 g/mol. The summed E-state index contributed by atoms with van der Waals surface area (Å²) in [5, 5.41) is 12.2. The highest BCUT2D eigenvalue weighted by atomic mass is 16.4. The number of hydrogen-bond acceptors (Lipinski definition) is 2. The summed E-state index contributed by atoms with van der Waals surface area (Å²) in [6.45, 7) is 5.40. The molecule has 21 heavy (non-hydrogen) atoms. The molecule has 2 rings (SSSR count). The molecule has 0 bridgehead atoms. The smallest absolute Gasteiger partial charge is 0.306 e. The van der Waals surface area contributed by atoms with Crippen LogP contribution in [0.4, 0.5) is 0 Å². The Morgan fingerprint density at radius 2 is 1.71 bits per heavy atom. The lowest BCUT2D eigenvalue weighted by Crippen LogP contribution is -2.38. The van der Waals surface area contributed by atoms with Crippen LogP contribution in [0.2, 0.25) is 0 Å². The van der Waals surface area contributed by atoms with E-state index in [0.717, 1.165) is 25.8 Å². The number of carbonyl (C=O) groups is 2. The first kappa shape index (κ1) is 16.3. The van der Waals surface area contributed by atoms with Crippen LogP contribution in [-0.4, -0.2) is 23.5 Å². The Morgan fingerprint density at radius 3 is 2.33 bits per heavy atom. The maximum absolute atomic E-state index is 12.2. The van der Waals surface area contributed by atoms with Crippen LogP contribution in [0.25, 0.3) is 0 Å². The van der Waals surface area contributed by atoms with E-state index in [9.17, 15) is 9.59 Å². The van der Waals surface area contributed by atoms with E-state index in [1.807, 2.05) is 0 Å². The van der Waals surface area contributed by atoms with Crippen molar-refractivity contribution in [2.24, 2.45) is 23.2 Å². The van der Waals surface area contributed by atoms with Gasteiger partial charge in [0.05, 0.1) is 5.92 Å². The van der Waals surface area contributed by atoms with Crippen molar-refractivity contribution in [3.05, 3.63) is 0 Å². The minimum atomic E-state index is -0.748. The van der Waals surface area contributed by atoms with Gasteiger partial charge in [-0.25, -0.2) is 0 Å². The zero-order valence-corrected chi connectivity index (χ0v) is 13.4. The largest absolute Gasteiger partial charge is 0.481 e. The second-order valence-corrected chi connectivity index (χ2v) is 7.75. The summed E-state index contributed by atoms with van der Waals surface area (Å²) in [5.41, 5.74) is 0.457. The zero-order chi connectivity index (χ0) is 15.5. The van der Waals surface area contributed by atoms with E-state index < -0.39 is 5.97 Å². The molecule has 2 aliphatic rings. The van der Waals surface area contributed by atoms with Crippen molar-refractivity contribution < 1.29 is 14.7 Å². The highest BCUT2D eigenvalue weighted by molar-refractivity contribution is 5.80. The third-order valence-electron chi connectivity index (χ3n) is 5.42. The molecule has 0 aromatic heterocycles. The van der Waals surface area contributed by atoms with E-state index in [2.05, 4.69) is 19.2 Å². The Kier molecular flexibility index (Phi) is 5.28. The molecule has 0 radical (unpaired) electrons. The van der Waals surface area contributed by atoms with Crippen LogP contribution in [0.15, 0.2) is 0 Å². The van der Waals surface area contributed by atoms with Crippen molar-refractivity contribution in [1.82, 2.24) is 5.32 Å². The van der Waals surface area contributed by atoms with Crippen LogP contribution in [0.1, 0.15) is 65.2 Å². The van der Waals surface area contributed by atoms with Gasteiger partial charge < -0.3 is 10.4 Å². The molecule has 0 aromatic carbocycles. The lowest BCUT2D eigenvalue weighted by molar-refractivity contribution is -0.144. The minimum Gasteiger partial charge on any atom is -0.481 e. The fourth-order valence-corrected chi connectivity index (χ4v) is 3.70. The lowest BCUT2D eigenvalue weighted by atomic mass is 9.73. The van der Waals surface area contributed by atoms with Crippen LogP contribution in [0.3, 0.4) is 0 Å². The third-order valence-corrected chi connectivity index (χ3v) is 5.42. The van der Waals surface area contributed by atoms with Crippen molar-refractivity contribution in [3.8, 4) is 0 Å². The average Bonchev–Trinajstić information content (AvgIpc) is 2.46. The Balaban J connectivity index is 1.73. The molecule has 2 fully saturated rings. The van der Waals surface area contributed by atoms with Gasteiger partial charge in [0.1, 0.15) is 0 Å². The van der Waals surface area contributed by atoms with Gasteiger partial charge in [0, 0.05) is 12.5 Å². The van der Waals surface area contributed by atoms with Crippen LogP contribution in [0.5, 0.6) is 0 Å². The summed E-state index contributed by atoms with van der Waals surface area (Å²) >= 11 is 0. The first-order chi connectivity index (χ1) is 9.87. The summed E-state index contributed by atoms with van der Waals surface area (Å²) in [6.07, 6.45) is 7.77. The van der Waals surface area contributed by atoms with Gasteiger partial charge in [-0.15, -0.1) is 0 Å². The van der Waals surface area contributed by atoms with Crippen LogP contribution >= 0.6 is 0 Å². The van der Waals surface area contributed by atoms with Gasteiger partial charge in [-0.2, -0.15) is 0 Å². The summed E-state index contributed by atoms with van der Waals surface area (Å²) in [5.74, 6) is -0.501. The van der Waals surface area contributed by atoms with E-state index in [1.165, 1.54) is 25.7 Å². The van der Waals surface area contributed by atoms with E-state index >= 15 is 0 Å². The van der Waals surface area contributed by atoms with Gasteiger partial charge in [0.2, 0.25) is 5.91 Å². The van der Waals surface area contributed by atoms with E-state index in [-0.39, 0.29) is 17.7 Å². The van der Waals surface area contributed by atoms with Crippen molar-refractivity contribution in [3.63, 3.8) is 0 Å². The van der Waals surface area contributed by atoms with E-state index in [4.69, 9.17) is 5.11 Å². The maximum Gasteiger partial charge on any atom is 0.306 e. The molecule has 1 amide bonds. The van der Waals surface area contributed by atoms with Gasteiger partial charge in [-0.05, 0) is 56.3 Å². The highest BCUT2D eigenvalue weighted by Crippen LogP contribution is 2.37. The van der Waals surface area contributed by atoms with Gasteiger partial charge >= 0.3 is 5.97 Å². The van der Waals surface area contributed by atoms with Gasteiger partial charge in [-0.1, -0.05) is 20.3 Å². The monoisotopic (exact) mass is 295 g/mol. The molecule has 120 valence electrons. The molecule has 2 saturated carbocycles. The SMILES string of the molecule is CC1(C)CCC(CNC(=O)C2CCCC(C(=O)O)C2)CC1. The number of hydrogen-bond donors (Lipinski definition) is 2. The van der Waals surface area contributed by atoms with Gasteiger partial charge in [0.25, 0.3) is 0 Å². The van der Waals surface area contributed by atoms with Crippen molar-refractivity contribution in [2.45, 2.75) is 65.2 Å². The second-order valence-electron chi connectivity index (χ2n) is 7.75. The fraction of sp³-hybridized carbons (Fsp3) is 0.882. The Hall–Kier alpha value is -1.06. The number of aliphatic carboxylic acids is 1. The van der Waals surface area contributed by atoms with Crippen molar-refractivity contribution >= 4 is 11.9 Å². The molecule has 0 aromatic rings. The molecule has 2 unspecified atom stereocenters. The quantitative estimate of drug-likeness (QED) is 0.837. The molecule has 0 heterocycles. The molecule has 0 saturated heterocycles. The number of nitrogens with one attached hydrogen (secondary N) is 1. The summed E-state index contributed by atoms with van der Waals surface area (Å²) in [4.78, 5) is 23.3. The maximum atomic E-state index is 12.2. The topological polar surface area (TPSA) is 66.4 Å². The standard InChI is InChI=1S/C17H29NO3/c1-17(2)8-6-12(7-9-17)11-18-15(19)13-4-3-5-14(10-13)16(20)21/h12-14H,3-11H2,1-2H3,(H,18,19)(H,20,21). The molecule has 0 aliphatic heterocycles. The minimum absolute atomic E-state index is 0.0748. The first-order valence-corrected chi connectivity index (χ1v) is 8.38. The summed E-state index contributed by atoms with van der Waals surface area (Å²) in [6, 6.07) is 0. The first-order valence-electron chi connectivity index (χ1n) is 8.38. The number of carbonyl (C=O) groups excluding carboxylic acids is 1. The van der Waals surface area contributed by atoms with Gasteiger partial charge in [-0.3, -0.25) is 9.59 Å². The third kappa shape index (κ3) is 4.72. The number of carboxylic acids is 1. The molecular formula is C17H29NO3.